The number of carbonyl (C=O) groups excluding carboxylic acids is 1. The smallest absolute Gasteiger partial charge is 0.338 e. The molecule has 0 aliphatic rings. The van der Waals surface area contributed by atoms with Crippen molar-refractivity contribution in [2.24, 2.45) is 5.92 Å². The van der Waals surface area contributed by atoms with Crippen molar-refractivity contribution in [2.75, 3.05) is 12.3 Å². The Balaban J connectivity index is 0.000000648. The van der Waals surface area contributed by atoms with Crippen LogP contribution in [0, 0.1) is 11.7 Å². The molecule has 2 aromatic rings. The van der Waals surface area contributed by atoms with Gasteiger partial charge in [0.25, 0.3) is 0 Å². The number of anilines is 1. The first kappa shape index (κ1) is 20.0. The van der Waals surface area contributed by atoms with Gasteiger partial charge in [-0.15, -0.1) is 0 Å². The predicted octanol–water partition coefficient (Wildman–Crippen LogP) is 5.40. The molecule has 0 aliphatic heterocycles. The van der Waals surface area contributed by atoms with Crippen LogP contribution < -0.4 is 5.73 Å². The number of nitrogens with two attached hydrogens (primary N) is 1. The summed E-state index contributed by atoms with van der Waals surface area (Å²) in [4.78, 5) is 13.2. The molecule has 3 nitrogen and oxygen atoms in total. The highest BCUT2D eigenvalue weighted by atomic mass is 32.2. The molecule has 2 aromatic carbocycles. The van der Waals surface area contributed by atoms with Crippen molar-refractivity contribution in [1.82, 2.24) is 0 Å². The van der Waals surface area contributed by atoms with Crippen molar-refractivity contribution < 1.29 is 13.9 Å². The summed E-state index contributed by atoms with van der Waals surface area (Å²) >= 11 is 1.36. The van der Waals surface area contributed by atoms with Crippen LogP contribution >= 0.6 is 11.8 Å². The Bertz CT molecular complexity index is 671. The second-order valence-corrected chi connectivity index (χ2v) is 6.91. The van der Waals surface area contributed by atoms with E-state index in [1.54, 1.807) is 31.2 Å². The van der Waals surface area contributed by atoms with E-state index in [-0.39, 0.29) is 11.7 Å². The number of halogens is 1. The van der Waals surface area contributed by atoms with Gasteiger partial charge in [0, 0.05) is 9.79 Å². The van der Waals surface area contributed by atoms with E-state index in [1.807, 2.05) is 6.07 Å². The highest BCUT2D eigenvalue weighted by molar-refractivity contribution is 7.99. The molecule has 2 rings (SSSR count). The van der Waals surface area contributed by atoms with Gasteiger partial charge in [-0.3, -0.25) is 0 Å². The van der Waals surface area contributed by atoms with Gasteiger partial charge in [-0.05, 0) is 49.2 Å². The minimum absolute atomic E-state index is 0.120. The Labute approximate surface area is 147 Å². The second kappa shape index (κ2) is 9.98. The minimum atomic E-state index is -0.448. The maximum absolute atomic E-state index is 13.4. The lowest BCUT2D eigenvalue weighted by Crippen LogP contribution is -2.04. The standard InChI is InChI=1S/C15H14FNO2S.C4H10/c1-2-19-15(18)10-4-3-5-11(8-10)20-12-6-7-14(17)13(16)9-12;1-4(2)3/h3-9H,2,17H2,1H3;4H,1-3H3. The molecule has 0 saturated heterocycles. The number of esters is 1. The SMILES string of the molecule is CC(C)C.CCOC(=O)c1cccc(Sc2ccc(N)c(F)c2)c1. The predicted molar refractivity (Wildman–Crippen MR) is 97.8 cm³/mol. The number of hydrogen-bond donors (Lipinski definition) is 1. The Kier molecular flexibility index (Phi) is 8.33. The van der Waals surface area contributed by atoms with Gasteiger partial charge < -0.3 is 10.5 Å². The number of rotatable bonds is 4. The van der Waals surface area contributed by atoms with Crippen LogP contribution in [-0.4, -0.2) is 12.6 Å². The summed E-state index contributed by atoms with van der Waals surface area (Å²) in [5, 5.41) is 0. The molecule has 0 heterocycles. The van der Waals surface area contributed by atoms with Crippen LogP contribution in [0.1, 0.15) is 38.1 Å². The Morgan fingerprint density at radius 3 is 2.38 bits per heavy atom. The normalized spacial score (nSPS) is 10.1. The van der Waals surface area contributed by atoms with E-state index in [1.165, 1.54) is 23.9 Å². The first-order valence-electron chi connectivity index (χ1n) is 7.83. The Morgan fingerprint density at radius 2 is 1.79 bits per heavy atom. The quantitative estimate of drug-likeness (QED) is 0.593. The zero-order chi connectivity index (χ0) is 18.1. The third-order valence-electron chi connectivity index (χ3n) is 2.55. The van der Waals surface area contributed by atoms with Gasteiger partial charge in [0.1, 0.15) is 5.82 Å². The fourth-order valence-electron chi connectivity index (χ4n) is 1.61. The fourth-order valence-corrected chi connectivity index (χ4v) is 2.51. The lowest BCUT2D eigenvalue weighted by atomic mass is 10.2. The largest absolute Gasteiger partial charge is 0.462 e. The summed E-state index contributed by atoms with van der Waals surface area (Å²) in [6, 6.07) is 11.6. The number of ether oxygens (including phenoxy) is 1. The Hall–Kier alpha value is -2.01. The number of hydrogen-bond acceptors (Lipinski definition) is 4. The molecule has 0 spiro atoms. The van der Waals surface area contributed by atoms with E-state index in [0.717, 1.165) is 15.7 Å². The van der Waals surface area contributed by atoms with Crippen LogP contribution in [0.5, 0.6) is 0 Å². The van der Waals surface area contributed by atoms with Crippen LogP contribution in [0.15, 0.2) is 52.3 Å². The third kappa shape index (κ3) is 7.04. The van der Waals surface area contributed by atoms with Crippen molar-refractivity contribution in [3.63, 3.8) is 0 Å². The lowest BCUT2D eigenvalue weighted by molar-refractivity contribution is 0.0526. The van der Waals surface area contributed by atoms with Gasteiger partial charge in [0.15, 0.2) is 0 Å². The third-order valence-corrected chi connectivity index (χ3v) is 3.53. The molecule has 24 heavy (non-hydrogen) atoms. The average molecular weight is 349 g/mol. The summed E-state index contributed by atoms with van der Waals surface area (Å²) in [5.41, 5.74) is 6.03. The van der Waals surface area contributed by atoms with E-state index in [4.69, 9.17) is 10.5 Å². The van der Waals surface area contributed by atoms with Crippen LogP contribution in [0.2, 0.25) is 0 Å². The van der Waals surface area contributed by atoms with E-state index < -0.39 is 5.82 Å². The second-order valence-electron chi connectivity index (χ2n) is 5.77. The monoisotopic (exact) mass is 349 g/mol. The van der Waals surface area contributed by atoms with E-state index in [0.29, 0.717) is 12.2 Å². The zero-order valence-electron chi connectivity index (χ0n) is 14.5. The van der Waals surface area contributed by atoms with Crippen molar-refractivity contribution in [3.05, 3.63) is 53.8 Å². The Morgan fingerprint density at radius 1 is 1.17 bits per heavy atom. The van der Waals surface area contributed by atoms with E-state index in [9.17, 15) is 9.18 Å². The number of nitrogen functional groups attached to an aromatic ring is 1. The summed E-state index contributed by atoms with van der Waals surface area (Å²) in [6.07, 6.45) is 0. The molecule has 0 aliphatic carbocycles. The van der Waals surface area contributed by atoms with E-state index >= 15 is 0 Å². The molecular formula is C19H24FNO2S. The number of carbonyl (C=O) groups is 1. The first-order valence-corrected chi connectivity index (χ1v) is 8.65. The highest BCUT2D eigenvalue weighted by Crippen LogP contribution is 2.30. The van der Waals surface area contributed by atoms with Gasteiger partial charge in [0.05, 0.1) is 17.9 Å². The maximum Gasteiger partial charge on any atom is 0.338 e. The molecule has 0 bridgehead atoms. The molecule has 0 radical (unpaired) electrons. The van der Waals surface area contributed by atoms with Crippen LogP contribution in [0.4, 0.5) is 10.1 Å². The van der Waals surface area contributed by atoms with Gasteiger partial charge in [-0.2, -0.15) is 0 Å². The minimum Gasteiger partial charge on any atom is -0.462 e. The van der Waals surface area contributed by atoms with Crippen LogP contribution in [0.3, 0.4) is 0 Å². The molecule has 0 amide bonds. The average Bonchev–Trinajstić information content (AvgIpc) is 2.51. The van der Waals surface area contributed by atoms with Crippen LogP contribution in [-0.2, 0) is 4.74 Å². The fraction of sp³-hybridized carbons (Fsp3) is 0.316. The van der Waals surface area contributed by atoms with Gasteiger partial charge >= 0.3 is 5.97 Å². The zero-order valence-corrected chi connectivity index (χ0v) is 15.3. The summed E-state index contributed by atoms with van der Waals surface area (Å²) in [6.45, 7) is 8.59. The molecule has 2 N–H and O–H groups in total. The molecule has 0 unspecified atom stereocenters. The first-order chi connectivity index (χ1) is 11.3. The molecule has 5 heteroatoms. The molecule has 130 valence electrons. The van der Waals surface area contributed by atoms with Crippen LogP contribution in [0.25, 0.3) is 0 Å². The molecule has 0 aromatic heterocycles. The van der Waals surface area contributed by atoms with Gasteiger partial charge in [-0.25, -0.2) is 9.18 Å². The summed E-state index contributed by atoms with van der Waals surface area (Å²) in [7, 11) is 0. The molecule has 0 fully saturated rings. The summed E-state index contributed by atoms with van der Waals surface area (Å²) in [5.74, 6) is 0.0231. The summed E-state index contributed by atoms with van der Waals surface area (Å²) < 4.78 is 18.3. The molecular weight excluding hydrogens is 325 g/mol. The lowest BCUT2D eigenvalue weighted by Gasteiger charge is -2.06. The van der Waals surface area contributed by atoms with Crippen molar-refractivity contribution in [2.45, 2.75) is 37.5 Å². The highest BCUT2D eigenvalue weighted by Gasteiger charge is 2.08. The van der Waals surface area contributed by atoms with Crippen molar-refractivity contribution in [3.8, 4) is 0 Å². The van der Waals surface area contributed by atoms with Crippen molar-refractivity contribution in [1.29, 1.82) is 0 Å². The van der Waals surface area contributed by atoms with E-state index in [2.05, 4.69) is 20.8 Å². The van der Waals surface area contributed by atoms with Crippen molar-refractivity contribution >= 4 is 23.4 Å². The molecule has 0 atom stereocenters. The van der Waals surface area contributed by atoms with Gasteiger partial charge in [-0.1, -0.05) is 38.6 Å². The van der Waals surface area contributed by atoms with Gasteiger partial charge in [0.2, 0.25) is 0 Å². The maximum atomic E-state index is 13.4. The molecule has 0 saturated carbocycles. The topological polar surface area (TPSA) is 52.3 Å². The number of benzene rings is 2.